The molecule has 2 aromatic carbocycles. The summed E-state index contributed by atoms with van der Waals surface area (Å²) in [7, 11) is -2.45. The van der Waals surface area contributed by atoms with Crippen LogP contribution in [0.4, 0.5) is 5.82 Å². The summed E-state index contributed by atoms with van der Waals surface area (Å²) in [6, 6.07) is 13.3. The van der Waals surface area contributed by atoms with E-state index >= 15 is 0 Å². The zero-order chi connectivity index (χ0) is 27.5. The third-order valence-corrected chi connectivity index (χ3v) is 8.21. The number of hydrogen-bond acceptors (Lipinski definition) is 5. The number of methoxy groups -OCH3 is 1. The molecule has 0 saturated heterocycles. The number of amides is 1. The highest BCUT2D eigenvalue weighted by Crippen LogP contribution is 2.28. The Balaban J connectivity index is 1.96. The summed E-state index contributed by atoms with van der Waals surface area (Å²) in [5.74, 6) is 0.0173. The van der Waals surface area contributed by atoms with Gasteiger partial charge in [0.15, 0.2) is 0 Å². The van der Waals surface area contributed by atoms with Crippen molar-refractivity contribution in [2.24, 2.45) is 0 Å². The Labute approximate surface area is 220 Å². The molecular weight excluding hydrogens is 488 g/mol. The van der Waals surface area contributed by atoms with Crippen LogP contribution in [0.5, 0.6) is 0 Å². The maximum Gasteiger partial charge on any atom is 0.244 e. The Kier molecular flexibility index (Phi) is 8.62. The van der Waals surface area contributed by atoms with E-state index in [0.717, 1.165) is 22.5 Å². The number of aromatic nitrogens is 2. The van der Waals surface area contributed by atoms with Crippen LogP contribution in [0.25, 0.3) is 5.69 Å². The summed E-state index contributed by atoms with van der Waals surface area (Å²) in [5, 5.41) is 7.66. The van der Waals surface area contributed by atoms with Crippen molar-refractivity contribution in [2.45, 2.75) is 58.8 Å². The molecule has 3 rings (SSSR count). The Morgan fingerprint density at radius 1 is 1.03 bits per heavy atom. The number of hydrogen-bond donors (Lipinski definition) is 1. The predicted octanol–water partition coefficient (Wildman–Crippen LogP) is 4.68. The lowest BCUT2D eigenvalue weighted by Crippen LogP contribution is -2.40. The molecule has 0 atom stereocenters. The van der Waals surface area contributed by atoms with E-state index in [-0.39, 0.29) is 30.0 Å². The average Bonchev–Trinajstić information content (AvgIpc) is 3.19. The van der Waals surface area contributed by atoms with E-state index in [0.29, 0.717) is 16.9 Å². The van der Waals surface area contributed by atoms with Crippen LogP contribution in [0.15, 0.2) is 47.4 Å². The standard InChI is InChI=1S/C28H38N4O4S/c1-19-10-9-11-23(16-19)32-25(17-24(30-32)28(5,6)7)29-26(33)18-31(12-13-36-8)37(34,35)27-21(3)14-20(2)15-22(27)4/h9-11,14-17H,12-13,18H2,1-8H3,(H,29,33). The van der Waals surface area contributed by atoms with E-state index in [1.807, 2.05) is 77.1 Å². The van der Waals surface area contributed by atoms with E-state index in [9.17, 15) is 13.2 Å². The zero-order valence-corrected chi connectivity index (χ0v) is 23.9. The summed E-state index contributed by atoms with van der Waals surface area (Å²) in [6.45, 7) is 13.5. The molecule has 0 fully saturated rings. The molecule has 8 nitrogen and oxygen atoms in total. The van der Waals surface area contributed by atoms with Gasteiger partial charge in [0.1, 0.15) is 5.82 Å². The summed E-state index contributed by atoms with van der Waals surface area (Å²) in [6.07, 6.45) is 0. The molecule has 0 aliphatic rings. The first kappa shape index (κ1) is 28.6. The molecule has 3 aromatic rings. The molecule has 0 saturated carbocycles. The summed E-state index contributed by atoms with van der Waals surface area (Å²) in [5.41, 5.74) is 4.69. The number of nitrogens with zero attached hydrogens (tertiary/aromatic N) is 3. The largest absolute Gasteiger partial charge is 0.383 e. The van der Waals surface area contributed by atoms with Crippen molar-refractivity contribution in [3.05, 3.63) is 70.4 Å². The summed E-state index contributed by atoms with van der Waals surface area (Å²) in [4.78, 5) is 13.5. The predicted molar refractivity (Wildman–Crippen MR) is 147 cm³/mol. The molecule has 1 N–H and O–H groups in total. The normalized spacial score (nSPS) is 12.2. The van der Waals surface area contributed by atoms with Gasteiger partial charge in [0.2, 0.25) is 15.9 Å². The number of nitrogens with one attached hydrogen (secondary N) is 1. The van der Waals surface area contributed by atoms with Gasteiger partial charge in [0.05, 0.1) is 29.4 Å². The number of aryl methyl sites for hydroxylation is 4. The first-order chi connectivity index (χ1) is 17.2. The maximum absolute atomic E-state index is 13.7. The molecule has 0 spiro atoms. The molecule has 9 heteroatoms. The third-order valence-electron chi connectivity index (χ3n) is 6.06. The molecule has 1 amide bonds. The number of anilines is 1. The second kappa shape index (κ2) is 11.2. The molecule has 0 aliphatic carbocycles. The Bertz CT molecular complexity index is 1360. The summed E-state index contributed by atoms with van der Waals surface area (Å²) >= 11 is 0. The lowest BCUT2D eigenvalue weighted by Gasteiger charge is -2.24. The summed E-state index contributed by atoms with van der Waals surface area (Å²) < 4.78 is 35.4. The fourth-order valence-corrected chi connectivity index (χ4v) is 6.11. The number of rotatable bonds is 9. The van der Waals surface area contributed by atoms with E-state index < -0.39 is 15.9 Å². The van der Waals surface area contributed by atoms with Crippen LogP contribution in [-0.2, 0) is 25.0 Å². The van der Waals surface area contributed by atoms with Gasteiger partial charge in [0.25, 0.3) is 0 Å². The van der Waals surface area contributed by atoms with Crippen molar-refractivity contribution in [3.8, 4) is 5.69 Å². The highest BCUT2D eigenvalue weighted by molar-refractivity contribution is 7.89. The Morgan fingerprint density at radius 3 is 2.24 bits per heavy atom. The SMILES string of the molecule is COCCN(CC(=O)Nc1cc(C(C)(C)C)nn1-c1cccc(C)c1)S(=O)(=O)c1c(C)cc(C)cc1C. The van der Waals surface area contributed by atoms with E-state index in [1.165, 1.54) is 11.4 Å². The van der Waals surface area contributed by atoms with Crippen LogP contribution >= 0.6 is 0 Å². The second-order valence-electron chi connectivity index (χ2n) is 10.5. The maximum atomic E-state index is 13.7. The quantitative estimate of drug-likeness (QED) is 0.437. The molecule has 1 heterocycles. The van der Waals surface area contributed by atoms with Crippen LogP contribution < -0.4 is 5.32 Å². The van der Waals surface area contributed by atoms with E-state index in [4.69, 9.17) is 9.84 Å². The lowest BCUT2D eigenvalue weighted by molar-refractivity contribution is -0.116. The van der Waals surface area contributed by atoms with Crippen molar-refractivity contribution < 1.29 is 17.9 Å². The van der Waals surface area contributed by atoms with Gasteiger partial charge in [0, 0.05) is 25.1 Å². The Morgan fingerprint density at radius 2 is 1.68 bits per heavy atom. The third kappa shape index (κ3) is 6.66. The minimum atomic E-state index is -3.95. The van der Waals surface area contributed by atoms with E-state index in [1.54, 1.807) is 18.5 Å². The smallest absolute Gasteiger partial charge is 0.244 e. The van der Waals surface area contributed by atoms with Crippen LogP contribution in [0.2, 0.25) is 0 Å². The van der Waals surface area contributed by atoms with Gasteiger partial charge in [-0.25, -0.2) is 13.1 Å². The molecule has 200 valence electrons. The van der Waals surface area contributed by atoms with Crippen LogP contribution in [0, 0.1) is 27.7 Å². The van der Waals surface area contributed by atoms with Crippen molar-refractivity contribution >= 4 is 21.7 Å². The molecule has 37 heavy (non-hydrogen) atoms. The monoisotopic (exact) mass is 526 g/mol. The minimum Gasteiger partial charge on any atom is -0.383 e. The molecule has 1 aromatic heterocycles. The van der Waals surface area contributed by atoms with Gasteiger partial charge in [-0.15, -0.1) is 0 Å². The number of sulfonamides is 1. The minimum absolute atomic E-state index is 0.0450. The lowest BCUT2D eigenvalue weighted by atomic mass is 9.92. The van der Waals surface area contributed by atoms with Crippen molar-refractivity contribution in [2.75, 3.05) is 32.1 Å². The highest BCUT2D eigenvalue weighted by atomic mass is 32.2. The van der Waals surface area contributed by atoms with Crippen molar-refractivity contribution in [1.82, 2.24) is 14.1 Å². The first-order valence-electron chi connectivity index (χ1n) is 12.3. The average molecular weight is 527 g/mol. The van der Waals surface area contributed by atoms with Crippen LogP contribution in [0.3, 0.4) is 0 Å². The number of carbonyl (C=O) groups is 1. The highest BCUT2D eigenvalue weighted by Gasteiger charge is 2.30. The number of benzene rings is 2. The van der Waals surface area contributed by atoms with Gasteiger partial charge in [-0.1, -0.05) is 50.6 Å². The molecule has 0 radical (unpaired) electrons. The molecule has 0 aliphatic heterocycles. The number of ether oxygens (including phenoxy) is 1. The molecule has 0 bridgehead atoms. The van der Waals surface area contributed by atoms with Crippen LogP contribution in [-0.4, -0.2) is 55.2 Å². The van der Waals surface area contributed by atoms with E-state index in [2.05, 4.69) is 5.32 Å². The van der Waals surface area contributed by atoms with Gasteiger partial charge in [-0.2, -0.15) is 9.40 Å². The van der Waals surface area contributed by atoms with Crippen LogP contribution in [0.1, 0.15) is 48.7 Å². The van der Waals surface area contributed by atoms with Gasteiger partial charge < -0.3 is 10.1 Å². The topological polar surface area (TPSA) is 93.5 Å². The van der Waals surface area contributed by atoms with Crippen molar-refractivity contribution in [1.29, 1.82) is 0 Å². The van der Waals surface area contributed by atoms with Gasteiger partial charge in [-0.05, 0) is 56.5 Å². The first-order valence-corrected chi connectivity index (χ1v) is 13.7. The number of carbonyl (C=O) groups excluding carboxylic acids is 1. The Hall–Kier alpha value is -3.01. The zero-order valence-electron chi connectivity index (χ0n) is 23.0. The molecular formula is C28H38N4O4S. The van der Waals surface area contributed by atoms with Gasteiger partial charge in [-0.3, -0.25) is 4.79 Å². The fraction of sp³-hybridized carbons (Fsp3) is 0.429. The fourth-order valence-electron chi connectivity index (χ4n) is 4.32. The van der Waals surface area contributed by atoms with Gasteiger partial charge >= 0.3 is 0 Å². The van der Waals surface area contributed by atoms with Crippen molar-refractivity contribution in [3.63, 3.8) is 0 Å². The second-order valence-corrected chi connectivity index (χ2v) is 12.4. The molecule has 0 unspecified atom stereocenters.